The van der Waals surface area contributed by atoms with E-state index in [0.717, 1.165) is 5.92 Å². The normalized spacial score (nSPS) is 33.2. The average molecular weight is 292 g/mol. The van der Waals surface area contributed by atoms with Crippen molar-refractivity contribution in [3.63, 3.8) is 0 Å². The lowest BCUT2D eigenvalue weighted by Crippen LogP contribution is -2.36. The quantitative estimate of drug-likeness (QED) is 0.681. The maximum Gasteiger partial charge on any atom is 0.101 e. The zero-order valence-corrected chi connectivity index (χ0v) is 13.3. The number of rotatable bonds is 4. The third kappa shape index (κ3) is 1.91. The molecule has 4 atom stereocenters. The molecule has 0 radical (unpaired) electrons. The van der Waals surface area contributed by atoms with Crippen molar-refractivity contribution in [3.8, 4) is 0 Å². The molecule has 2 aromatic carbocycles. The molecule has 1 nitrogen and oxygen atoms in total. The topological polar surface area (TPSA) is 9.23 Å². The minimum absolute atomic E-state index is 0.357. The maximum atomic E-state index is 5.74. The summed E-state index contributed by atoms with van der Waals surface area (Å²) >= 11 is 0. The van der Waals surface area contributed by atoms with Crippen LogP contribution in [0, 0.1) is 11.8 Å². The highest BCUT2D eigenvalue weighted by molar-refractivity contribution is 5.83. The van der Waals surface area contributed by atoms with Crippen LogP contribution in [0.5, 0.6) is 0 Å². The Labute approximate surface area is 133 Å². The van der Waals surface area contributed by atoms with Crippen molar-refractivity contribution in [1.82, 2.24) is 0 Å². The van der Waals surface area contributed by atoms with Crippen LogP contribution >= 0.6 is 0 Å². The molecule has 0 heterocycles. The molecule has 0 saturated heterocycles. The van der Waals surface area contributed by atoms with Crippen LogP contribution in [0.2, 0.25) is 0 Å². The fourth-order valence-electron chi connectivity index (χ4n) is 5.17. The molecule has 0 aromatic heterocycles. The Morgan fingerprint density at radius 3 is 2.68 bits per heavy atom. The Hall–Kier alpha value is -1.76. The predicted molar refractivity (Wildman–Crippen MR) is 91.8 cm³/mol. The van der Waals surface area contributed by atoms with Crippen molar-refractivity contribution in [3.05, 3.63) is 60.9 Å². The molecule has 4 rings (SSSR count). The van der Waals surface area contributed by atoms with Crippen molar-refractivity contribution in [1.29, 1.82) is 0 Å². The van der Waals surface area contributed by atoms with E-state index in [-0.39, 0.29) is 0 Å². The van der Waals surface area contributed by atoms with Gasteiger partial charge in [0, 0.05) is 0 Å². The summed E-state index contributed by atoms with van der Waals surface area (Å²) < 4.78 is 5.74. The Morgan fingerprint density at radius 1 is 1.18 bits per heavy atom. The summed E-state index contributed by atoms with van der Waals surface area (Å²) in [5, 5.41) is 2.71. The standard InChI is InChI=1S/C21H24O/c1-3-21(14-17-12-19(21)13-20(17)22-4-2)18-10-9-15-7-5-6-8-16(15)11-18/h4-11,17,19-20H,2-3,12-14H2,1H3. The first-order valence-corrected chi connectivity index (χ1v) is 8.52. The van der Waals surface area contributed by atoms with Gasteiger partial charge in [-0.15, -0.1) is 0 Å². The summed E-state index contributed by atoms with van der Waals surface area (Å²) in [4.78, 5) is 0. The molecule has 0 amide bonds. The molecule has 0 spiro atoms. The minimum atomic E-state index is 0.357. The van der Waals surface area contributed by atoms with Gasteiger partial charge in [-0.1, -0.05) is 56.0 Å². The molecule has 4 unspecified atom stereocenters. The molecule has 2 bridgehead atoms. The first kappa shape index (κ1) is 13.9. The van der Waals surface area contributed by atoms with Gasteiger partial charge in [-0.2, -0.15) is 0 Å². The third-order valence-electron chi connectivity index (χ3n) is 6.26. The second-order valence-electron chi connectivity index (χ2n) is 7.05. The van der Waals surface area contributed by atoms with E-state index >= 15 is 0 Å². The first-order chi connectivity index (χ1) is 10.8. The van der Waals surface area contributed by atoms with Crippen molar-refractivity contribution >= 4 is 10.8 Å². The van der Waals surface area contributed by atoms with Gasteiger partial charge in [0.25, 0.3) is 0 Å². The average Bonchev–Trinajstić information content (AvgIpc) is 3.13. The Morgan fingerprint density at radius 2 is 2.00 bits per heavy atom. The van der Waals surface area contributed by atoms with Crippen LogP contribution in [-0.4, -0.2) is 6.10 Å². The summed E-state index contributed by atoms with van der Waals surface area (Å²) in [5.41, 5.74) is 1.90. The minimum Gasteiger partial charge on any atom is -0.498 e. The van der Waals surface area contributed by atoms with Gasteiger partial charge < -0.3 is 4.74 Å². The fraction of sp³-hybridized carbons (Fsp3) is 0.429. The number of hydrogen-bond acceptors (Lipinski definition) is 1. The monoisotopic (exact) mass is 292 g/mol. The van der Waals surface area contributed by atoms with E-state index in [1.807, 2.05) is 0 Å². The van der Waals surface area contributed by atoms with E-state index in [0.29, 0.717) is 17.4 Å². The number of ether oxygens (including phenoxy) is 1. The largest absolute Gasteiger partial charge is 0.498 e. The van der Waals surface area contributed by atoms with E-state index in [9.17, 15) is 0 Å². The van der Waals surface area contributed by atoms with Crippen LogP contribution in [-0.2, 0) is 10.2 Å². The third-order valence-corrected chi connectivity index (χ3v) is 6.26. The van der Waals surface area contributed by atoms with Crippen LogP contribution in [0.1, 0.15) is 38.2 Å². The lowest BCUT2D eigenvalue weighted by molar-refractivity contribution is 0.0652. The predicted octanol–water partition coefficient (Wildman–Crippen LogP) is 5.45. The summed E-state index contributed by atoms with van der Waals surface area (Å²) in [7, 11) is 0. The lowest BCUT2D eigenvalue weighted by Gasteiger charge is -2.40. The van der Waals surface area contributed by atoms with Crippen LogP contribution in [0.15, 0.2) is 55.3 Å². The first-order valence-electron chi connectivity index (χ1n) is 8.52. The Balaban J connectivity index is 1.71. The summed E-state index contributed by atoms with van der Waals surface area (Å²) in [6.07, 6.45) is 7.05. The van der Waals surface area contributed by atoms with Crippen molar-refractivity contribution in [2.45, 2.75) is 44.1 Å². The van der Waals surface area contributed by atoms with E-state index in [1.165, 1.54) is 36.5 Å². The molecule has 2 aliphatic rings. The van der Waals surface area contributed by atoms with Gasteiger partial charge in [-0.3, -0.25) is 0 Å². The molecule has 2 aromatic rings. The summed E-state index contributed by atoms with van der Waals surface area (Å²) in [6.45, 7) is 6.09. The van der Waals surface area contributed by atoms with Crippen molar-refractivity contribution in [2.24, 2.45) is 11.8 Å². The molecule has 2 saturated carbocycles. The molecular formula is C21H24O. The van der Waals surface area contributed by atoms with Gasteiger partial charge in [-0.05, 0) is 59.3 Å². The highest BCUT2D eigenvalue weighted by atomic mass is 16.5. The van der Waals surface area contributed by atoms with Crippen molar-refractivity contribution < 1.29 is 4.74 Å². The molecule has 2 fully saturated rings. The second-order valence-corrected chi connectivity index (χ2v) is 7.05. The van der Waals surface area contributed by atoms with E-state index in [4.69, 9.17) is 4.74 Å². The smallest absolute Gasteiger partial charge is 0.101 e. The molecule has 0 aliphatic heterocycles. The van der Waals surface area contributed by atoms with Gasteiger partial charge in [0.05, 0.1) is 6.26 Å². The highest BCUT2D eigenvalue weighted by Crippen LogP contribution is 2.59. The van der Waals surface area contributed by atoms with E-state index in [1.54, 1.807) is 11.8 Å². The van der Waals surface area contributed by atoms with Gasteiger partial charge in [0.1, 0.15) is 6.10 Å². The van der Waals surface area contributed by atoms with Crippen LogP contribution in [0.4, 0.5) is 0 Å². The fourth-order valence-corrected chi connectivity index (χ4v) is 5.17. The molecule has 114 valence electrons. The lowest BCUT2D eigenvalue weighted by atomic mass is 9.66. The number of fused-ring (bicyclic) bond motifs is 3. The van der Waals surface area contributed by atoms with Crippen LogP contribution in [0.25, 0.3) is 10.8 Å². The van der Waals surface area contributed by atoms with E-state index < -0.39 is 0 Å². The molecule has 22 heavy (non-hydrogen) atoms. The van der Waals surface area contributed by atoms with Crippen LogP contribution < -0.4 is 0 Å². The van der Waals surface area contributed by atoms with E-state index in [2.05, 4.69) is 56.0 Å². The molecular weight excluding hydrogens is 268 g/mol. The van der Waals surface area contributed by atoms with Gasteiger partial charge in [-0.25, -0.2) is 0 Å². The van der Waals surface area contributed by atoms with Crippen molar-refractivity contribution in [2.75, 3.05) is 0 Å². The second kappa shape index (κ2) is 5.15. The molecule has 1 heteroatoms. The van der Waals surface area contributed by atoms with Crippen LogP contribution in [0.3, 0.4) is 0 Å². The van der Waals surface area contributed by atoms with Gasteiger partial charge in [0.2, 0.25) is 0 Å². The number of benzene rings is 2. The van der Waals surface area contributed by atoms with Gasteiger partial charge >= 0.3 is 0 Å². The molecule has 0 N–H and O–H groups in total. The Kier molecular flexibility index (Phi) is 3.25. The number of hydrogen-bond donors (Lipinski definition) is 0. The molecule has 2 aliphatic carbocycles. The zero-order chi connectivity index (χ0) is 15.2. The summed E-state index contributed by atoms with van der Waals surface area (Å²) in [5.74, 6) is 1.46. The summed E-state index contributed by atoms with van der Waals surface area (Å²) in [6, 6.07) is 15.8. The van der Waals surface area contributed by atoms with Gasteiger partial charge in [0.15, 0.2) is 0 Å². The Bertz CT molecular complexity index is 704. The zero-order valence-electron chi connectivity index (χ0n) is 13.3. The maximum absolute atomic E-state index is 5.74. The highest BCUT2D eigenvalue weighted by Gasteiger charge is 2.55. The SMILES string of the molecule is C=COC1CC2CC1CC2(CC)c1ccc2ccccc2c1.